The highest BCUT2D eigenvalue weighted by atomic mass is 16.5. The molecule has 0 bridgehead atoms. The highest BCUT2D eigenvalue weighted by Crippen LogP contribution is 2.61. The summed E-state index contributed by atoms with van der Waals surface area (Å²) in [7, 11) is 0. The molecule has 2 aliphatic carbocycles. The summed E-state index contributed by atoms with van der Waals surface area (Å²) >= 11 is 0. The van der Waals surface area contributed by atoms with E-state index in [2.05, 4.69) is 28.8 Å². The molecule has 35 heavy (non-hydrogen) atoms. The maximum Gasteiger partial charge on any atom is 0.338 e. The molecule has 4 aliphatic rings. The molecule has 4 rings (SSSR count). The Morgan fingerprint density at radius 1 is 1.43 bits per heavy atom. The summed E-state index contributed by atoms with van der Waals surface area (Å²) in [6.45, 7) is 11.1. The maximum absolute atomic E-state index is 12.9. The van der Waals surface area contributed by atoms with Gasteiger partial charge in [-0.3, -0.25) is 9.79 Å². The SMILES string of the molecule is C=C1C(NC(C)C(=O)CC2=NCC=N2)CC2[C@](C)(CC[C@@H](O)[C@@]2(C)CO)C1/C=C/C1=CCOC1=O. The first-order chi connectivity index (χ1) is 16.6. The van der Waals surface area contributed by atoms with Crippen LogP contribution in [0.25, 0.3) is 0 Å². The topological polar surface area (TPSA) is 121 Å². The molecule has 0 aromatic carbocycles. The van der Waals surface area contributed by atoms with Crippen molar-refractivity contribution in [1.82, 2.24) is 5.32 Å². The molecule has 0 aromatic rings. The average molecular weight is 484 g/mol. The fraction of sp³-hybridized carbons (Fsp3) is 0.630. The summed E-state index contributed by atoms with van der Waals surface area (Å²) < 4.78 is 5.04. The van der Waals surface area contributed by atoms with Crippen molar-refractivity contribution in [3.8, 4) is 0 Å². The van der Waals surface area contributed by atoms with Gasteiger partial charge in [-0.05, 0) is 43.6 Å². The number of Topliss-reactive ketones (excluding diaryl/α,β-unsaturated/α-hetero) is 1. The third-order valence-electron chi connectivity index (χ3n) is 8.76. The average Bonchev–Trinajstić information content (AvgIpc) is 3.49. The largest absolute Gasteiger partial charge is 0.458 e. The van der Waals surface area contributed by atoms with Crippen molar-refractivity contribution in [2.75, 3.05) is 19.8 Å². The second kappa shape index (κ2) is 9.91. The van der Waals surface area contributed by atoms with Crippen LogP contribution in [0, 0.1) is 22.7 Å². The van der Waals surface area contributed by atoms with Crippen LogP contribution in [-0.4, -0.2) is 72.0 Å². The van der Waals surface area contributed by atoms with E-state index in [4.69, 9.17) is 4.74 Å². The van der Waals surface area contributed by atoms with Gasteiger partial charge in [0.05, 0.1) is 37.3 Å². The Labute approximate surface area is 207 Å². The van der Waals surface area contributed by atoms with Crippen molar-refractivity contribution in [3.63, 3.8) is 0 Å². The molecule has 2 heterocycles. The zero-order chi connectivity index (χ0) is 25.4. The summed E-state index contributed by atoms with van der Waals surface area (Å²) in [5.74, 6) is 0.0764. The third kappa shape index (κ3) is 4.71. The first-order valence-electron chi connectivity index (χ1n) is 12.5. The van der Waals surface area contributed by atoms with Crippen LogP contribution in [0.1, 0.15) is 46.5 Å². The Kier molecular flexibility index (Phi) is 7.27. The number of aliphatic hydroxyl groups excluding tert-OH is 2. The molecule has 0 spiro atoms. The van der Waals surface area contributed by atoms with Gasteiger partial charge in [0, 0.05) is 23.6 Å². The van der Waals surface area contributed by atoms with Crippen molar-refractivity contribution in [2.24, 2.45) is 32.7 Å². The number of aliphatic hydroxyl groups is 2. The molecule has 0 radical (unpaired) electrons. The molecule has 7 atom stereocenters. The smallest absolute Gasteiger partial charge is 0.338 e. The summed E-state index contributed by atoms with van der Waals surface area (Å²) in [5.41, 5.74) is 0.507. The van der Waals surface area contributed by atoms with Crippen LogP contribution in [-0.2, 0) is 14.3 Å². The standard InChI is InChI=1S/C27H37N3O5/c1-16-19(6-5-18-8-12-35-25(18)34)26(3)9-7-23(33)27(4,15-31)22(26)13-20(16)30-17(2)21(32)14-24-28-10-11-29-24/h5-6,8,10,17,19-20,22-23,30-31,33H,1,7,9,11-15H2,2-4H3/b6-5+/t17?,19?,20?,22?,23-,26-,27+/m1/s1. The number of cyclic esters (lactones) is 1. The van der Waals surface area contributed by atoms with Gasteiger partial charge in [0.15, 0.2) is 5.78 Å². The monoisotopic (exact) mass is 483 g/mol. The lowest BCUT2D eigenvalue weighted by Gasteiger charge is -2.61. The van der Waals surface area contributed by atoms with Crippen LogP contribution in [0.4, 0.5) is 0 Å². The van der Waals surface area contributed by atoms with Crippen LogP contribution < -0.4 is 5.32 Å². The molecule has 2 fully saturated rings. The Morgan fingerprint density at radius 3 is 2.83 bits per heavy atom. The van der Waals surface area contributed by atoms with E-state index in [1.165, 1.54) is 0 Å². The number of ether oxygens (including phenoxy) is 1. The second-order valence-corrected chi connectivity index (χ2v) is 10.8. The number of hydrogen-bond acceptors (Lipinski definition) is 8. The number of hydrogen-bond donors (Lipinski definition) is 3. The number of nitrogens with zero attached hydrogens (tertiary/aromatic N) is 2. The molecule has 190 valence electrons. The Bertz CT molecular complexity index is 1010. The predicted octanol–water partition coefficient (Wildman–Crippen LogP) is 2.17. The number of amidine groups is 1. The van der Waals surface area contributed by atoms with E-state index in [0.717, 1.165) is 12.0 Å². The minimum absolute atomic E-state index is 0.00322. The van der Waals surface area contributed by atoms with E-state index < -0.39 is 17.6 Å². The highest BCUT2D eigenvalue weighted by Gasteiger charge is 2.59. The van der Waals surface area contributed by atoms with E-state index in [1.807, 2.05) is 26.0 Å². The lowest BCUT2D eigenvalue weighted by Crippen LogP contribution is -2.61. The quantitative estimate of drug-likeness (QED) is 0.359. The molecule has 4 unspecified atom stereocenters. The van der Waals surface area contributed by atoms with E-state index in [1.54, 1.807) is 12.3 Å². The van der Waals surface area contributed by atoms with Gasteiger partial charge in [0.25, 0.3) is 0 Å². The summed E-state index contributed by atoms with van der Waals surface area (Å²) in [6, 6.07) is -0.637. The molecule has 0 saturated heterocycles. The molecule has 0 aromatic heterocycles. The van der Waals surface area contributed by atoms with E-state index in [-0.39, 0.29) is 54.7 Å². The first kappa shape index (κ1) is 25.7. The van der Waals surface area contributed by atoms with Crippen LogP contribution in [0.15, 0.2) is 45.9 Å². The Hall–Kier alpha value is -2.42. The predicted molar refractivity (Wildman–Crippen MR) is 134 cm³/mol. The second-order valence-electron chi connectivity index (χ2n) is 10.8. The zero-order valence-electron chi connectivity index (χ0n) is 20.9. The minimum Gasteiger partial charge on any atom is -0.458 e. The highest BCUT2D eigenvalue weighted by molar-refractivity contribution is 6.07. The molecule has 8 nitrogen and oxygen atoms in total. The molecule has 2 aliphatic heterocycles. The number of rotatable bonds is 8. The van der Waals surface area contributed by atoms with Crippen LogP contribution >= 0.6 is 0 Å². The number of carbonyl (C=O) groups is 2. The van der Waals surface area contributed by atoms with Gasteiger partial charge < -0.3 is 20.3 Å². The van der Waals surface area contributed by atoms with Crippen molar-refractivity contribution in [1.29, 1.82) is 0 Å². The first-order valence-corrected chi connectivity index (χ1v) is 12.5. The third-order valence-corrected chi connectivity index (χ3v) is 8.76. The number of carbonyl (C=O) groups excluding carboxylic acids is 2. The van der Waals surface area contributed by atoms with Gasteiger partial charge in [-0.2, -0.15) is 0 Å². The number of aliphatic imine (C=N–C) groups is 2. The number of esters is 1. The lowest BCUT2D eigenvalue weighted by molar-refractivity contribution is -0.149. The maximum atomic E-state index is 12.9. The Balaban J connectivity index is 1.62. The molecular formula is C27H37N3O5. The molecule has 0 amide bonds. The van der Waals surface area contributed by atoms with E-state index in [9.17, 15) is 19.8 Å². The number of nitrogens with one attached hydrogen (secondary N) is 1. The summed E-state index contributed by atoms with van der Waals surface area (Å²) in [6.07, 6.45) is 8.85. The molecular weight excluding hydrogens is 446 g/mol. The fourth-order valence-electron chi connectivity index (χ4n) is 6.46. The van der Waals surface area contributed by atoms with Crippen molar-refractivity contribution >= 4 is 23.8 Å². The fourth-order valence-corrected chi connectivity index (χ4v) is 6.46. The van der Waals surface area contributed by atoms with E-state index >= 15 is 0 Å². The van der Waals surface area contributed by atoms with Gasteiger partial charge in [-0.1, -0.05) is 38.2 Å². The molecule has 3 N–H and O–H groups in total. The normalized spacial score (nSPS) is 37.7. The van der Waals surface area contributed by atoms with Crippen molar-refractivity contribution < 1.29 is 24.5 Å². The number of ketones is 1. The lowest BCUT2D eigenvalue weighted by atomic mass is 9.45. The molecule has 2 saturated carbocycles. The van der Waals surface area contributed by atoms with Gasteiger partial charge in [0.2, 0.25) is 0 Å². The zero-order valence-corrected chi connectivity index (χ0v) is 20.9. The van der Waals surface area contributed by atoms with Gasteiger partial charge in [-0.25, -0.2) is 9.79 Å². The minimum atomic E-state index is -0.689. The van der Waals surface area contributed by atoms with Crippen molar-refractivity contribution in [3.05, 3.63) is 36.0 Å². The van der Waals surface area contributed by atoms with E-state index in [0.29, 0.717) is 30.8 Å². The summed E-state index contributed by atoms with van der Waals surface area (Å²) in [5, 5.41) is 24.8. The summed E-state index contributed by atoms with van der Waals surface area (Å²) in [4.78, 5) is 33.3. The Morgan fingerprint density at radius 2 is 2.20 bits per heavy atom. The number of allylic oxidation sites excluding steroid dienone is 1. The number of fused-ring (bicyclic) bond motifs is 1. The van der Waals surface area contributed by atoms with Gasteiger partial charge in [0.1, 0.15) is 12.4 Å². The van der Waals surface area contributed by atoms with Gasteiger partial charge >= 0.3 is 5.97 Å². The van der Waals surface area contributed by atoms with Crippen LogP contribution in [0.2, 0.25) is 0 Å². The van der Waals surface area contributed by atoms with Gasteiger partial charge in [-0.15, -0.1) is 0 Å². The van der Waals surface area contributed by atoms with Crippen LogP contribution in [0.3, 0.4) is 0 Å². The molecule has 8 heteroatoms. The van der Waals surface area contributed by atoms with Crippen LogP contribution in [0.5, 0.6) is 0 Å². The van der Waals surface area contributed by atoms with Crippen molar-refractivity contribution in [2.45, 2.75) is 64.6 Å².